The van der Waals surface area contributed by atoms with Crippen molar-refractivity contribution in [2.75, 3.05) is 31.5 Å². The first-order chi connectivity index (χ1) is 9.40. The summed E-state index contributed by atoms with van der Waals surface area (Å²) in [6.45, 7) is 5.04. The first kappa shape index (κ1) is 11.7. The van der Waals surface area contributed by atoms with E-state index in [1.54, 1.807) is 11.5 Å². The Kier molecular flexibility index (Phi) is 2.93. The largest absolute Gasteiger partial charge is 0.384 e. The normalized spacial score (nSPS) is 29.8. The summed E-state index contributed by atoms with van der Waals surface area (Å²) in [7, 11) is 0. The summed E-state index contributed by atoms with van der Waals surface area (Å²) in [5, 5.41) is 4.94. The molecule has 5 rings (SSSR count). The zero-order valence-electron chi connectivity index (χ0n) is 11.0. The monoisotopic (exact) mass is 273 g/mol. The van der Waals surface area contributed by atoms with Gasteiger partial charge in [0.25, 0.3) is 0 Å². The molecule has 3 fully saturated rings. The molecule has 2 aromatic rings. The summed E-state index contributed by atoms with van der Waals surface area (Å²) in [4.78, 5) is 2.62. The van der Waals surface area contributed by atoms with E-state index in [1.807, 2.05) is 6.20 Å². The first-order valence-electron chi connectivity index (χ1n) is 7.20. The summed E-state index contributed by atoms with van der Waals surface area (Å²) < 4.78 is 5.57. The number of nitrogens with zero attached hydrogens (tertiary/aromatic N) is 2. The molecule has 3 aliphatic rings. The molecule has 3 nitrogen and oxygen atoms in total. The fourth-order valence-corrected chi connectivity index (χ4v) is 4.28. The van der Waals surface area contributed by atoms with Gasteiger partial charge in [-0.1, -0.05) is 6.07 Å². The van der Waals surface area contributed by atoms with Crippen LogP contribution in [0.5, 0.6) is 0 Å². The maximum Gasteiger partial charge on any atom is 0.0570 e. The first-order valence-corrected chi connectivity index (χ1v) is 7.97. The van der Waals surface area contributed by atoms with Crippen LogP contribution in [0.2, 0.25) is 0 Å². The quantitative estimate of drug-likeness (QED) is 0.931. The number of benzene rings is 1. The zero-order valence-corrected chi connectivity index (χ0v) is 11.8. The molecule has 0 saturated carbocycles. The lowest BCUT2D eigenvalue weighted by atomic mass is 9.79. The average Bonchev–Trinajstić information content (AvgIpc) is 2.95. The van der Waals surface area contributed by atoms with Gasteiger partial charge in [-0.2, -0.15) is 4.37 Å². The highest BCUT2D eigenvalue weighted by atomic mass is 32.1. The molecule has 1 unspecified atom stereocenters. The van der Waals surface area contributed by atoms with Crippen LogP contribution in [0.25, 0.3) is 10.1 Å². The van der Waals surface area contributed by atoms with Crippen molar-refractivity contribution in [3.05, 3.63) is 24.4 Å². The van der Waals surface area contributed by atoms with Gasteiger partial charge in [-0.15, -0.1) is 0 Å². The zero-order chi connectivity index (χ0) is 12.7. The van der Waals surface area contributed by atoms with Crippen LogP contribution < -0.4 is 5.32 Å². The van der Waals surface area contributed by atoms with Crippen LogP contribution in [0.4, 0.5) is 5.69 Å². The molecule has 0 spiro atoms. The Bertz CT molecular complexity index is 572. The predicted octanol–water partition coefficient (Wildman–Crippen LogP) is 3.05. The molecule has 4 heterocycles. The van der Waals surface area contributed by atoms with Crippen LogP contribution in [0.3, 0.4) is 0 Å². The second-order valence-corrected chi connectivity index (χ2v) is 6.66. The van der Waals surface area contributed by atoms with Crippen molar-refractivity contribution in [1.82, 2.24) is 9.27 Å². The average molecular weight is 273 g/mol. The van der Waals surface area contributed by atoms with Gasteiger partial charge >= 0.3 is 0 Å². The molecule has 1 N–H and O–H groups in total. The molecule has 1 aromatic carbocycles. The van der Waals surface area contributed by atoms with Crippen molar-refractivity contribution in [1.29, 1.82) is 0 Å². The Hall–Kier alpha value is -1.13. The van der Waals surface area contributed by atoms with Crippen LogP contribution in [0.1, 0.15) is 12.8 Å². The van der Waals surface area contributed by atoms with E-state index < -0.39 is 0 Å². The topological polar surface area (TPSA) is 28.2 Å². The highest BCUT2D eigenvalue weighted by molar-refractivity contribution is 7.13. The summed E-state index contributed by atoms with van der Waals surface area (Å²) in [6, 6.07) is 6.45. The molecular weight excluding hydrogens is 254 g/mol. The third-order valence-corrected chi connectivity index (χ3v) is 5.51. The van der Waals surface area contributed by atoms with Crippen LogP contribution in [-0.2, 0) is 0 Å². The second kappa shape index (κ2) is 4.76. The summed E-state index contributed by atoms with van der Waals surface area (Å²) in [5.74, 6) is 1.77. The van der Waals surface area contributed by atoms with Crippen molar-refractivity contribution in [3.63, 3.8) is 0 Å². The number of anilines is 1. The van der Waals surface area contributed by atoms with Gasteiger partial charge < -0.3 is 10.2 Å². The number of hydrogen-bond donors (Lipinski definition) is 1. The summed E-state index contributed by atoms with van der Waals surface area (Å²) >= 11 is 1.58. The summed E-state index contributed by atoms with van der Waals surface area (Å²) in [6.07, 6.45) is 4.78. The molecule has 0 aliphatic carbocycles. The molecule has 0 radical (unpaired) electrons. The second-order valence-electron chi connectivity index (χ2n) is 5.82. The van der Waals surface area contributed by atoms with Crippen molar-refractivity contribution in [2.45, 2.75) is 12.8 Å². The maximum atomic E-state index is 4.29. The predicted molar refractivity (Wildman–Crippen MR) is 80.8 cm³/mol. The third-order valence-electron chi connectivity index (χ3n) is 4.75. The highest BCUT2D eigenvalue weighted by Crippen LogP contribution is 2.33. The molecule has 100 valence electrons. The molecule has 4 heteroatoms. The Balaban J connectivity index is 1.49. The molecule has 1 atom stereocenters. The van der Waals surface area contributed by atoms with Gasteiger partial charge in [-0.25, -0.2) is 0 Å². The number of fused-ring (bicyclic) bond motifs is 4. The van der Waals surface area contributed by atoms with Crippen molar-refractivity contribution in [3.8, 4) is 0 Å². The van der Waals surface area contributed by atoms with Gasteiger partial charge in [0, 0.05) is 24.2 Å². The van der Waals surface area contributed by atoms with E-state index in [2.05, 4.69) is 32.8 Å². The van der Waals surface area contributed by atoms with Crippen LogP contribution in [0.15, 0.2) is 24.4 Å². The molecule has 19 heavy (non-hydrogen) atoms. The highest BCUT2D eigenvalue weighted by Gasteiger charge is 2.33. The van der Waals surface area contributed by atoms with E-state index in [4.69, 9.17) is 0 Å². The van der Waals surface area contributed by atoms with Crippen molar-refractivity contribution in [2.24, 2.45) is 11.8 Å². The van der Waals surface area contributed by atoms with Crippen LogP contribution in [0, 0.1) is 11.8 Å². The maximum absolute atomic E-state index is 4.29. The lowest BCUT2D eigenvalue weighted by Gasteiger charge is -2.45. The minimum absolute atomic E-state index is 0.823. The number of nitrogens with one attached hydrogen (secondary N) is 1. The number of piperidine rings is 3. The van der Waals surface area contributed by atoms with Gasteiger partial charge in [-0.05, 0) is 61.4 Å². The minimum Gasteiger partial charge on any atom is -0.384 e. The number of hydrogen-bond acceptors (Lipinski definition) is 4. The van der Waals surface area contributed by atoms with E-state index in [0.29, 0.717) is 0 Å². The Morgan fingerprint density at radius 1 is 1.32 bits per heavy atom. The van der Waals surface area contributed by atoms with Crippen molar-refractivity contribution < 1.29 is 0 Å². The Morgan fingerprint density at radius 2 is 2.21 bits per heavy atom. The fourth-order valence-electron chi connectivity index (χ4n) is 3.61. The van der Waals surface area contributed by atoms with E-state index in [1.165, 1.54) is 48.2 Å². The SMILES string of the molecule is c1cc(NCC2CN3CCC2CC3)c2cnsc2c1. The smallest absolute Gasteiger partial charge is 0.0570 e. The van der Waals surface area contributed by atoms with Crippen molar-refractivity contribution >= 4 is 27.3 Å². The van der Waals surface area contributed by atoms with E-state index >= 15 is 0 Å². The fraction of sp³-hybridized carbons (Fsp3) is 0.533. The van der Waals surface area contributed by atoms with Gasteiger partial charge in [0.15, 0.2) is 0 Å². The lowest BCUT2D eigenvalue weighted by Crippen LogP contribution is -2.49. The van der Waals surface area contributed by atoms with Gasteiger partial charge in [0.2, 0.25) is 0 Å². The van der Waals surface area contributed by atoms with Gasteiger partial charge in [-0.3, -0.25) is 0 Å². The molecular formula is C15H19N3S. The number of rotatable bonds is 3. The Morgan fingerprint density at radius 3 is 3.00 bits per heavy atom. The van der Waals surface area contributed by atoms with Gasteiger partial charge in [0.1, 0.15) is 0 Å². The minimum atomic E-state index is 0.823. The van der Waals surface area contributed by atoms with E-state index in [9.17, 15) is 0 Å². The molecule has 3 aliphatic heterocycles. The molecule has 2 bridgehead atoms. The van der Waals surface area contributed by atoms with E-state index in [0.717, 1.165) is 18.4 Å². The third kappa shape index (κ3) is 2.13. The lowest BCUT2D eigenvalue weighted by molar-refractivity contribution is 0.0574. The van der Waals surface area contributed by atoms with Crippen LogP contribution >= 0.6 is 11.5 Å². The van der Waals surface area contributed by atoms with Crippen LogP contribution in [-0.4, -0.2) is 35.5 Å². The molecule has 0 amide bonds. The summed E-state index contributed by atoms with van der Waals surface area (Å²) in [5.41, 5.74) is 1.25. The van der Waals surface area contributed by atoms with Gasteiger partial charge in [0.05, 0.1) is 10.9 Å². The molecule has 3 saturated heterocycles. The molecule has 1 aromatic heterocycles. The standard InChI is InChI=1S/C15H19N3S/c1-2-14(13-9-17-19-15(13)3-1)16-8-12-10-18-6-4-11(12)5-7-18/h1-3,9,11-12,16H,4-8,10H2. The Labute approximate surface area is 117 Å². The number of aromatic nitrogens is 1. The van der Waals surface area contributed by atoms with E-state index in [-0.39, 0.29) is 0 Å².